The van der Waals surface area contributed by atoms with Crippen molar-refractivity contribution in [3.05, 3.63) is 48.5 Å². The van der Waals surface area contributed by atoms with E-state index in [-0.39, 0.29) is 11.7 Å². The fraction of sp³-hybridized carbons (Fsp3) is 0.474. The summed E-state index contributed by atoms with van der Waals surface area (Å²) in [6.07, 6.45) is 6.17. The van der Waals surface area contributed by atoms with Crippen LogP contribution in [-0.2, 0) is 17.8 Å². The largest absolute Gasteiger partial charge is 0.492 e. The summed E-state index contributed by atoms with van der Waals surface area (Å²) in [6.45, 7) is 4.69. The molecule has 2 aromatic rings. The molecule has 1 amide bonds. The summed E-state index contributed by atoms with van der Waals surface area (Å²) in [5, 5.41) is 0. The van der Waals surface area contributed by atoms with E-state index in [1.165, 1.54) is 5.56 Å². The first-order valence-corrected chi connectivity index (χ1v) is 8.96. The SMILES string of the molecule is CN1C[C@]2(CCN(Cc3ccc(OCCn4ccnc4)cc3)C2)OC1=O. The maximum Gasteiger partial charge on any atom is 0.410 e. The molecule has 0 aliphatic carbocycles. The van der Waals surface area contributed by atoms with Gasteiger partial charge in [0.05, 0.1) is 19.4 Å². The lowest BCUT2D eigenvalue weighted by Crippen LogP contribution is -2.37. The summed E-state index contributed by atoms with van der Waals surface area (Å²) in [6, 6.07) is 8.23. The van der Waals surface area contributed by atoms with E-state index in [1.807, 2.05) is 22.9 Å². The highest BCUT2D eigenvalue weighted by atomic mass is 16.6. The Morgan fingerprint density at radius 3 is 2.81 bits per heavy atom. The van der Waals surface area contributed by atoms with Crippen molar-refractivity contribution in [2.45, 2.75) is 25.1 Å². The van der Waals surface area contributed by atoms with Gasteiger partial charge in [-0.25, -0.2) is 9.78 Å². The van der Waals surface area contributed by atoms with Crippen LogP contribution in [0.4, 0.5) is 4.79 Å². The van der Waals surface area contributed by atoms with Gasteiger partial charge in [-0.05, 0) is 17.7 Å². The minimum atomic E-state index is -0.317. The molecule has 2 saturated heterocycles. The van der Waals surface area contributed by atoms with Crippen LogP contribution in [0.2, 0.25) is 0 Å². The number of likely N-dealkylation sites (N-methyl/N-ethyl adjacent to an activating group) is 1. The Morgan fingerprint density at radius 2 is 2.12 bits per heavy atom. The van der Waals surface area contributed by atoms with Gasteiger partial charge in [0.1, 0.15) is 18.0 Å². The van der Waals surface area contributed by atoms with Crippen LogP contribution in [0, 0.1) is 0 Å². The van der Waals surface area contributed by atoms with Crippen molar-refractivity contribution < 1.29 is 14.3 Å². The third kappa shape index (κ3) is 3.67. The lowest BCUT2D eigenvalue weighted by Gasteiger charge is -2.21. The van der Waals surface area contributed by atoms with E-state index < -0.39 is 0 Å². The lowest BCUT2D eigenvalue weighted by atomic mass is 10.0. The molecule has 2 aliphatic heterocycles. The van der Waals surface area contributed by atoms with Gasteiger partial charge >= 0.3 is 6.09 Å². The molecule has 3 heterocycles. The Morgan fingerprint density at radius 1 is 1.27 bits per heavy atom. The average molecular weight is 356 g/mol. The highest BCUT2D eigenvalue weighted by Gasteiger charge is 2.48. The third-order valence-electron chi connectivity index (χ3n) is 5.04. The first kappa shape index (κ1) is 16.9. The highest BCUT2D eigenvalue weighted by molar-refractivity contribution is 5.70. The van der Waals surface area contributed by atoms with Gasteiger partial charge in [-0.2, -0.15) is 0 Å². The molecule has 0 radical (unpaired) electrons. The van der Waals surface area contributed by atoms with E-state index in [2.05, 4.69) is 22.0 Å². The average Bonchev–Trinajstić information content (AvgIpc) is 3.33. The summed E-state index contributed by atoms with van der Waals surface area (Å²) in [5.41, 5.74) is 0.920. The summed E-state index contributed by atoms with van der Waals surface area (Å²) in [5.74, 6) is 0.873. The number of hydrogen-bond acceptors (Lipinski definition) is 5. The molecule has 7 heteroatoms. The summed E-state index contributed by atoms with van der Waals surface area (Å²) < 4.78 is 13.4. The van der Waals surface area contributed by atoms with Gasteiger partial charge < -0.3 is 18.9 Å². The van der Waals surface area contributed by atoms with Gasteiger partial charge in [0.2, 0.25) is 0 Å². The van der Waals surface area contributed by atoms with Crippen LogP contribution >= 0.6 is 0 Å². The maximum absolute atomic E-state index is 11.7. The Kier molecular flexibility index (Phi) is 4.55. The zero-order valence-corrected chi connectivity index (χ0v) is 15.0. The number of likely N-dealkylation sites (tertiary alicyclic amines) is 1. The Hall–Kier alpha value is -2.54. The lowest BCUT2D eigenvalue weighted by molar-refractivity contribution is 0.0627. The zero-order chi connectivity index (χ0) is 18.0. The normalized spacial score (nSPS) is 23.0. The Balaban J connectivity index is 1.26. The molecule has 26 heavy (non-hydrogen) atoms. The van der Waals surface area contributed by atoms with Gasteiger partial charge in [-0.15, -0.1) is 0 Å². The van der Waals surface area contributed by atoms with E-state index in [9.17, 15) is 4.79 Å². The van der Waals surface area contributed by atoms with Gasteiger partial charge in [-0.1, -0.05) is 12.1 Å². The first-order valence-electron chi connectivity index (χ1n) is 8.96. The maximum atomic E-state index is 11.7. The molecule has 7 nitrogen and oxygen atoms in total. The number of imidazole rings is 1. The number of amides is 1. The molecule has 1 atom stereocenters. The fourth-order valence-corrected chi connectivity index (χ4v) is 3.70. The van der Waals surface area contributed by atoms with Crippen LogP contribution in [0.1, 0.15) is 12.0 Å². The van der Waals surface area contributed by atoms with Crippen molar-refractivity contribution in [3.8, 4) is 5.75 Å². The summed E-state index contributed by atoms with van der Waals surface area (Å²) >= 11 is 0. The molecule has 0 unspecified atom stereocenters. The van der Waals surface area contributed by atoms with Gasteiger partial charge in [0.25, 0.3) is 0 Å². The number of aromatic nitrogens is 2. The molecule has 0 N–H and O–H groups in total. The van der Waals surface area contributed by atoms with Crippen molar-refractivity contribution in [1.29, 1.82) is 0 Å². The topological polar surface area (TPSA) is 59.8 Å². The summed E-state index contributed by atoms with van der Waals surface area (Å²) in [4.78, 5) is 19.7. The van der Waals surface area contributed by atoms with Crippen molar-refractivity contribution in [3.63, 3.8) is 0 Å². The zero-order valence-electron chi connectivity index (χ0n) is 15.0. The van der Waals surface area contributed by atoms with Gasteiger partial charge in [0, 0.05) is 45.5 Å². The smallest absolute Gasteiger partial charge is 0.410 e. The van der Waals surface area contributed by atoms with Crippen molar-refractivity contribution in [1.82, 2.24) is 19.4 Å². The van der Waals surface area contributed by atoms with E-state index in [4.69, 9.17) is 9.47 Å². The molecule has 1 aromatic carbocycles. The number of carbonyl (C=O) groups is 1. The second kappa shape index (κ2) is 6.99. The monoisotopic (exact) mass is 356 g/mol. The number of rotatable bonds is 6. The molecular formula is C19H24N4O3. The van der Waals surface area contributed by atoms with Crippen LogP contribution < -0.4 is 4.74 Å². The summed E-state index contributed by atoms with van der Waals surface area (Å²) in [7, 11) is 1.80. The van der Waals surface area contributed by atoms with Crippen LogP contribution in [0.3, 0.4) is 0 Å². The van der Waals surface area contributed by atoms with E-state index >= 15 is 0 Å². The number of benzene rings is 1. The molecule has 138 valence electrons. The number of ether oxygens (including phenoxy) is 2. The van der Waals surface area contributed by atoms with Crippen LogP contribution in [0.15, 0.2) is 43.0 Å². The standard InChI is InChI=1S/C19H24N4O3/c1-21-13-19(26-18(21)24)6-8-23(14-19)12-16-2-4-17(5-3-16)25-11-10-22-9-7-20-15-22/h2-5,7,9,15H,6,8,10-14H2,1H3/t19-/m0/s1. The van der Waals surface area contributed by atoms with Gasteiger partial charge in [0.15, 0.2) is 0 Å². The quantitative estimate of drug-likeness (QED) is 0.792. The molecule has 0 saturated carbocycles. The number of hydrogen-bond donors (Lipinski definition) is 0. The Labute approximate surface area is 153 Å². The predicted molar refractivity (Wildman–Crippen MR) is 95.9 cm³/mol. The first-order chi connectivity index (χ1) is 12.6. The molecule has 1 spiro atoms. The molecule has 2 aliphatic rings. The van der Waals surface area contributed by atoms with Crippen LogP contribution in [0.5, 0.6) is 5.75 Å². The van der Waals surface area contributed by atoms with E-state index in [1.54, 1.807) is 24.5 Å². The second-order valence-electron chi connectivity index (χ2n) is 7.16. The highest BCUT2D eigenvalue weighted by Crippen LogP contribution is 2.32. The fourth-order valence-electron chi connectivity index (χ4n) is 3.70. The Bertz CT molecular complexity index is 747. The number of nitrogens with zero attached hydrogens (tertiary/aromatic N) is 4. The molecule has 0 bridgehead atoms. The molecule has 4 rings (SSSR count). The van der Waals surface area contributed by atoms with Crippen molar-refractivity contribution in [2.75, 3.05) is 33.3 Å². The molecular weight excluding hydrogens is 332 g/mol. The van der Waals surface area contributed by atoms with Crippen molar-refractivity contribution >= 4 is 6.09 Å². The second-order valence-corrected chi connectivity index (χ2v) is 7.16. The third-order valence-corrected chi connectivity index (χ3v) is 5.04. The van der Waals surface area contributed by atoms with Crippen LogP contribution in [-0.4, -0.2) is 64.3 Å². The molecule has 2 fully saturated rings. The minimum Gasteiger partial charge on any atom is -0.492 e. The number of carbonyl (C=O) groups excluding carboxylic acids is 1. The predicted octanol–water partition coefficient (Wildman–Crippen LogP) is 1.99. The minimum absolute atomic E-state index is 0.205. The van der Waals surface area contributed by atoms with E-state index in [0.29, 0.717) is 13.2 Å². The van der Waals surface area contributed by atoms with Crippen LogP contribution in [0.25, 0.3) is 0 Å². The van der Waals surface area contributed by atoms with E-state index in [0.717, 1.165) is 38.3 Å². The molecule has 1 aromatic heterocycles. The van der Waals surface area contributed by atoms with Crippen molar-refractivity contribution in [2.24, 2.45) is 0 Å². The van der Waals surface area contributed by atoms with Gasteiger partial charge in [-0.3, -0.25) is 4.90 Å².